The molecule has 0 aliphatic carbocycles. The van der Waals surface area contributed by atoms with Crippen molar-refractivity contribution in [3.63, 3.8) is 0 Å². The van der Waals surface area contributed by atoms with Gasteiger partial charge in [0.15, 0.2) is 17.2 Å². The van der Waals surface area contributed by atoms with Gasteiger partial charge >= 0.3 is 0 Å². The van der Waals surface area contributed by atoms with Crippen LogP contribution >= 0.6 is 0 Å². The molecule has 0 radical (unpaired) electrons. The number of imidazole rings is 1. The third-order valence-corrected chi connectivity index (χ3v) is 5.39. The summed E-state index contributed by atoms with van der Waals surface area (Å²) in [5, 5.41) is 6.87. The Morgan fingerprint density at radius 1 is 1.11 bits per heavy atom. The molecule has 5 aromatic rings. The third kappa shape index (κ3) is 4.52. The van der Waals surface area contributed by atoms with Gasteiger partial charge in [0, 0.05) is 17.7 Å². The monoisotopic (exact) mass is 487 g/mol. The van der Waals surface area contributed by atoms with Crippen molar-refractivity contribution >= 4 is 17.1 Å². The molecule has 0 aromatic carbocycles. The summed E-state index contributed by atoms with van der Waals surface area (Å²) in [5.74, 6) is 0.408. The van der Waals surface area contributed by atoms with E-state index in [1.54, 1.807) is 25.3 Å². The largest absolute Gasteiger partial charge is 0.358 e. The maximum atomic E-state index is 14.0. The average Bonchev–Trinajstić information content (AvgIpc) is 3.51. The molecule has 5 rings (SSSR count). The number of nitrogens with zero attached hydrogens (tertiary/aromatic N) is 7. The molecule has 36 heavy (non-hydrogen) atoms. The van der Waals surface area contributed by atoms with E-state index < -0.39 is 17.9 Å². The normalized spacial score (nSPS) is 12.6. The molecule has 12 heteroatoms. The molecule has 1 unspecified atom stereocenters. The van der Waals surface area contributed by atoms with E-state index in [0.717, 1.165) is 0 Å². The molecular weight excluding hydrogens is 465 g/mol. The van der Waals surface area contributed by atoms with Crippen LogP contribution in [0.25, 0.3) is 33.9 Å². The van der Waals surface area contributed by atoms with Gasteiger partial charge in [0.05, 0.1) is 23.5 Å². The molecule has 5 aromatic heterocycles. The van der Waals surface area contributed by atoms with Crippen LogP contribution in [0, 0.1) is 5.95 Å². The maximum Gasteiger partial charge on any atom is 0.270 e. The minimum absolute atomic E-state index is 0.0698. The Morgan fingerprint density at radius 2 is 1.94 bits per heavy atom. The van der Waals surface area contributed by atoms with Gasteiger partial charge in [-0.15, -0.1) is 0 Å². The van der Waals surface area contributed by atoms with Gasteiger partial charge in [-0.05, 0) is 25.1 Å². The van der Waals surface area contributed by atoms with E-state index in [4.69, 9.17) is 4.52 Å². The van der Waals surface area contributed by atoms with Gasteiger partial charge in [0.1, 0.15) is 29.1 Å². The van der Waals surface area contributed by atoms with Crippen LogP contribution < -0.4 is 5.32 Å². The number of hydrogen-bond donors (Lipinski definition) is 2. The fraction of sp³-hybridized carbons (Fsp3) is 0.250. The van der Waals surface area contributed by atoms with E-state index in [1.165, 1.54) is 24.7 Å². The molecule has 0 saturated carbocycles. The number of amides is 1. The molecule has 0 spiro atoms. The SMILES string of the molecule is CC(NC(=O)c1cc(-c2cccnc2F)ncn1)c1cc(-c2nc3cnc(C(C)(C)C)nc3[nH]2)no1. The van der Waals surface area contributed by atoms with Crippen LogP contribution in [-0.2, 0) is 5.41 Å². The molecule has 5 heterocycles. The standard InChI is InChI=1S/C24H22FN9O2/c1-12(30-22(35)16-8-14(28-11-29-16)13-6-5-7-26-19(13)25)18-9-15(34-36-18)20-31-17-10-27-23(24(2,3)4)33-21(17)32-20/h5-12H,1-4H3,(H,30,35)(H,27,31,32,33). The van der Waals surface area contributed by atoms with Crippen LogP contribution in [0.3, 0.4) is 0 Å². The van der Waals surface area contributed by atoms with Crippen molar-refractivity contribution < 1.29 is 13.7 Å². The molecule has 0 saturated heterocycles. The van der Waals surface area contributed by atoms with Crippen LogP contribution in [-0.4, -0.2) is 46.0 Å². The molecule has 1 atom stereocenters. The van der Waals surface area contributed by atoms with Crippen molar-refractivity contribution in [1.82, 2.24) is 45.4 Å². The van der Waals surface area contributed by atoms with Crippen LogP contribution in [0.4, 0.5) is 4.39 Å². The number of carbonyl (C=O) groups excluding carboxylic acids is 1. The first kappa shape index (κ1) is 23.1. The predicted octanol–water partition coefficient (Wildman–Crippen LogP) is 3.79. The molecule has 0 bridgehead atoms. The van der Waals surface area contributed by atoms with Crippen molar-refractivity contribution in [3.8, 4) is 22.8 Å². The van der Waals surface area contributed by atoms with Gasteiger partial charge in [0.2, 0.25) is 5.95 Å². The lowest BCUT2D eigenvalue weighted by Gasteiger charge is -2.15. The van der Waals surface area contributed by atoms with Gasteiger partial charge in [0.25, 0.3) is 5.91 Å². The van der Waals surface area contributed by atoms with E-state index in [1.807, 2.05) is 20.8 Å². The first-order valence-electron chi connectivity index (χ1n) is 11.1. The molecule has 1 amide bonds. The second kappa shape index (κ2) is 8.87. The number of aromatic nitrogens is 8. The molecular formula is C24H22FN9O2. The topological polar surface area (TPSA) is 148 Å². The average molecular weight is 487 g/mol. The Balaban J connectivity index is 1.33. The van der Waals surface area contributed by atoms with Crippen molar-refractivity contribution in [3.05, 3.63) is 66.2 Å². The third-order valence-electron chi connectivity index (χ3n) is 5.39. The van der Waals surface area contributed by atoms with Crippen LogP contribution in [0.1, 0.15) is 55.8 Å². The van der Waals surface area contributed by atoms with E-state index in [0.29, 0.717) is 34.3 Å². The molecule has 0 aliphatic heterocycles. The highest BCUT2D eigenvalue weighted by Gasteiger charge is 2.21. The van der Waals surface area contributed by atoms with E-state index in [2.05, 4.69) is 45.4 Å². The summed E-state index contributed by atoms with van der Waals surface area (Å²) in [5.41, 5.74) is 1.95. The quantitative estimate of drug-likeness (QED) is 0.353. The number of carbonyl (C=O) groups is 1. The summed E-state index contributed by atoms with van der Waals surface area (Å²) in [6, 6.07) is 5.65. The van der Waals surface area contributed by atoms with Gasteiger partial charge in [-0.2, -0.15) is 4.39 Å². The second-order valence-electron chi connectivity index (χ2n) is 9.20. The number of rotatable bonds is 5. The number of pyridine rings is 1. The smallest absolute Gasteiger partial charge is 0.270 e. The molecule has 182 valence electrons. The number of nitrogens with one attached hydrogen (secondary N) is 2. The van der Waals surface area contributed by atoms with Crippen molar-refractivity contribution in [2.24, 2.45) is 0 Å². The Labute approximate surface area is 204 Å². The Bertz CT molecular complexity index is 1570. The summed E-state index contributed by atoms with van der Waals surface area (Å²) < 4.78 is 19.5. The first-order valence-corrected chi connectivity index (χ1v) is 11.1. The number of halogens is 1. The number of fused-ring (bicyclic) bond motifs is 1. The van der Waals surface area contributed by atoms with E-state index >= 15 is 0 Å². The number of H-pyrrole nitrogens is 1. The molecule has 2 N–H and O–H groups in total. The van der Waals surface area contributed by atoms with Gasteiger partial charge in [-0.3, -0.25) is 4.79 Å². The van der Waals surface area contributed by atoms with Crippen molar-refractivity contribution in [1.29, 1.82) is 0 Å². The zero-order valence-corrected chi connectivity index (χ0v) is 19.9. The van der Waals surface area contributed by atoms with Crippen molar-refractivity contribution in [2.45, 2.75) is 39.2 Å². The Kier molecular flexibility index (Phi) is 5.71. The Hall–Kier alpha value is -4.61. The highest BCUT2D eigenvalue weighted by Crippen LogP contribution is 2.25. The Morgan fingerprint density at radius 3 is 2.72 bits per heavy atom. The summed E-state index contributed by atoms with van der Waals surface area (Å²) in [6.45, 7) is 7.84. The maximum absolute atomic E-state index is 14.0. The molecule has 0 fully saturated rings. The van der Waals surface area contributed by atoms with Gasteiger partial charge in [-0.25, -0.2) is 29.9 Å². The first-order chi connectivity index (χ1) is 17.2. The van der Waals surface area contributed by atoms with Gasteiger partial charge < -0.3 is 14.8 Å². The van der Waals surface area contributed by atoms with Crippen molar-refractivity contribution in [2.75, 3.05) is 0 Å². The fourth-order valence-electron chi connectivity index (χ4n) is 3.45. The number of aromatic amines is 1. The minimum atomic E-state index is -0.684. The summed E-state index contributed by atoms with van der Waals surface area (Å²) in [4.78, 5) is 41.0. The molecule has 11 nitrogen and oxygen atoms in total. The minimum Gasteiger partial charge on any atom is -0.358 e. The lowest BCUT2D eigenvalue weighted by atomic mass is 9.96. The van der Waals surface area contributed by atoms with E-state index in [-0.39, 0.29) is 22.4 Å². The zero-order chi connectivity index (χ0) is 25.4. The zero-order valence-electron chi connectivity index (χ0n) is 19.9. The predicted molar refractivity (Wildman–Crippen MR) is 127 cm³/mol. The summed E-state index contributed by atoms with van der Waals surface area (Å²) in [7, 11) is 0. The van der Waals surface area contributed by atoms with Crippen LogP contribution in [0.15, 0.2) is 47.5 Å². The summed E-state index contributed by atoms with van der Waals surface area (Å²) in [6.07, 6.45) is 4.20. The molecule has 0 aliphatic rings. The van der Waals surface area contributed by atoms with E-state index in [9.17, 15) is 9.18 Å². The highest BCUT2D eigenvalue weighted by atomic mass is 19.1. The van der Waals surface area contributed by atoms with Gasteiger partial charge in [-0.1, -0.05) is 25.9 Å². The van der Waals surface area contributed by atoms with Crippen LogP contribution in [0.2, 0.25) is 0 Å². The lowest BCUT2D eigenvalue weighted by molar-refractivity contribution is 0.0928. The van der Waals surface area contributed by atoms with Crippen LogP contribution in [0.5, 0.6) is 0 Å². The highest BCUT2D eigenvalue weighted by molar-refractivity contribution is 5.93. The second-order valence-corrected chi connectivity index (χ2v) is 9.20. The lowest BCUT2D eigenvalue weighted by Crippen LogP contribution is -2.27. The fourth-order valence-corrected chi connectivity index (χ4v) is 3.45. The summed E-state index contributed by atoms with van der Waals surface area (Å²) >= 11 is 0. The number of hydrogen-bond acceptors (Lipinski definition) is 9.